The molecule has 0 radical (unpaired) electrons. The van der Waals surface area contributed by atoms with Gasteiger partial charge in [-0.2, -0.15) is 0 Å². The number of carboxylic acids is 1. The summed E-state index contributed by atoms with van der Waals surface area (Å²) in [6.07, 6.45) is -1.04. The lowest BCUT2D eigenvalue weighted by Crippen LogP contribution is -2.24. The number of hydrogen-bond acceptors (Lipinski definition) is 3. The third-order valence-corrected chi connectivity index (χ3v) is 3.94. The van der Waals surface area contributed by atoms with Gasteiger partial charge in [0.05, 0.1) is 0 Å². The first-order valence-corrected chi connectivity index (χ1v) is 6.74. The predicted molar refractivity (Wildman–Crippen MR) is 75.1 cm³/mol. The van der Waals surface area contributed by atoms with E-state index in [0.717, 1.165) is 16.7 Å². The average molecular weight is 274 g/mol. The molecule has 98 valence electrons. The van der Waals surface area contributed by atoms with Crippen LogP contribution in [0.4, 0.5) is 0 Å². The van der Waals surface area contributed by atoms with Crippen LogP contribution in [-0.2, 0) is 4.79 Å². The fourth-order valence-electron chi connectivity index (χ4n) is 1.72. The van der Waals surface area contributed by atoms with Crippen molar-refractivity contribution >= 4 is 17.7 Å². The van der Waals surface area contributed by atoms with Crippen LogP contribution in [-0.4, -0.2) is 21.4 Å². The molecule has 2 aromatic carbocycles. The van der Waals surface area contributed by atoms with Crippen molar-refractivity contribution in [1.82, 2.24) is 0 Å². The Hall–Kier alpha value is -1.78. The second kappa shape index (κ2) is 6.41. The summed E-state index contributed by atoms with van der Waals surface area (Å²) in [5.74, 6) is -1.02. The zero-order chi connectivity index (χ0) is 13.7. The SMILES string of the molecule is O=C(O)[C@H](Sc1ccccc1)[C@@H](O)c1ccccc1. The van der Waals surface area contributed by atoms with Gasteiger partial charge in [-0.3, -0.25) is 4.79 Å². The van der Waals surface area contributed by atoms with Gasteiger partial charge in [-0.05, 0) is 17.7 Å². The molecule has 0 aliphatic heterocycles. The summed E-state index contributed by atoms with van der Waals surface area (Å²) >= 11 is 1.15. The average Bonchev–Trinajstić information content (AvgIpc) is 2.46. The van der Waals surface area contributed by atoms with E-state index in [-0.39, 0.29) is 0 Å². The number of benzene rings is 2. The van der Waals surface area contributed by atoms with E-state index in [9.17, 15) is 15.0 Å². The lowest BCUT2D eigenvalue weighted by Gasteiger charge is -2.19. The fourth-order valence-corrected chi connectivity index (χ4v) is 2.71. The Morgan fingerprint density at radius 1 is 0.947 bits per heavy atom. The first-order valence-electron chi connectivity index (χ1n) is 5.86. The largest absolute Gasteiger partial charge is 0.480 e. The summed E-state index contributed by atoms with van der Waals surface area (Å²) < 4.78 is 0. The van der Waals surface area contributed by atoms with Crippen LogP contribution in [0.5, 0.6) is 0 Å². The number of carboxylic acid groups (broad SMARTS) is 1. The van der Waals surface area contributed by atoms with Gasteiger partial charge in [0.25, 0.3) is 0 Å². The minimum absolute atomic E-state index is 0.610. The van der Waals surface area contributed by atoms with E-state index >= 15 is 0 Å². The molecule has 2 N–H and O–H groups in total. The number of thioether (sulfide) groups is 1. The zero-order valence-corrected chi connectivity index (χ0v) is 11.0. The van der Waals surface area contributed by atoms with Crippen LogP contribution in [0, 0.1) is 0 Å². The van der Waals surface area contributed by atoms with Crippen LogP contribution >= 0.6 is 11.8 Å². The first kappa shape index (κ1) is 13.6. The quantitative estimate of drug-likeness (QED) is 0.823. The summed E-state index contributed by atoms with van der Waals surface area (Å²) in [6.45, 7) is 0. The van der Waals surface area contributed by atoms with Crippen LogP contribution in [0.3, 0.4) is 0 Å². The molecule has 0 aromatic heterocycles. The highest BCUT2D eigenvalue weighted by Crippen LogP contribution is 2.32. The predicted octanol–water partition coefficient (Wildman–Crippen LogP) is 2.97. The molecule has 0 fully saturated rings. The molecular formula is C15H14O3S. The van der Waals surface area contributed by atoms with E-state index in [1.54, 1.807) is 24.3 Å². The second-order valence-corrected chi connectivity index (χ2v) is 5.26. The molecule has 2 rings (SSSR count). The van der Waals surface area contributed by atoms with Crippen molar-refractivity contribution in [3.05, 3.63) is 66.2 Å². The molecule has 4 heteroatoms. The van der Waals surface area contributed by atoms with Crippen molar-refractivity contribution in [2.24, 2.45) is 0 Å². The van der Waals surface area contributed by atoms with Crippen LogP contribution in [0.15, 0.2) is 65.6 Å². The zero-order valence-electron chi connectivity index (χ0n) is 10.1. The number of aliphatic carboxylic acids is 1. The molecule has 0 unspecified atom stereocenters. The van der Waals surface area contributed by atoms with Crippen molar-refractivity contribution < 1.29 is 15.0 Å². The Balaban J connectivity index is 2.19. The van der Waals surface area contributed by atoms with E-state index in [1.807, 2.05) is 36.4 Å². The highest BCUT2D eigenvalue weighted by atomic mass is 32.2. The van der Waals surface area contributed by atoms with Gasteiger partial charge in [-0.1, -0.05) is 48.5 Å². The Morgan fingerprint density at radius 2 is 1.47 bits per heavy atom. The van der Waals surface area contributed by atoms with Gasteiger partial charge in [-0.25, -0.2) is 0 Å². The van der Waals surface area contributed by atoms with Crippen molar-refractivity contribution in [2.45, 2.75) is 16.2 Å². The lowest BCUT2D eigenvalue weighted by molar-refractivity contribution is -0.138. The van der Waals surface area contributed by atoms with Crippen LogP contribution in [0.2, 0.25) is 0 Å². The normalized spacial score (nSPS) is 13.7. The molecule has 0 aliphatic rings. The molecule has 0 aliphatic carbocycles. The third kappa shape index (κ3) is 3.59. The maximum atomic E-state index is 11.3. The Labute approximate surface area is 115 Å². The van der Waals surface area contributed by atoms with Gasteiger partial charge in [0, 0.05) is 4.90 Å². The summed E-state index contributed by atoms with van der Waals surface area (Å²) in [4.78, 5) is 12.2. The maximum absolute atomic E-state index is 11.3. The molecule has 0 spiro atoms. The standard InChI is InChI=1S/C15H14O3S/c16-13(11-7-3-1-4-8-11)14(15(17)18)19-12-9-5-2-6-10-12/h1-10,13-14,16H,(H,17,18)/t13-,14+/m0/s1. The van der Waals surface area contributed by atoms with E-state index in [0.29, 0.717) is 5.56 Å². The minimum atomic E-state index is -1.04. The summed E-state index contributed by atoms with van der Waals surface area (Å²) in [5.41, 5.74) is 0.610. The molecular weight excluding hydrogens is 260 g/mol. The van der Waals surface area contributed by atoms with Gasteiger partial charge in [0.15, 0.2) is 0 Å². The van der Waals surface area contributed by atoms with Crippen molar-refractivity contribution in [3.63, 3.8) is 0 Å². The highest BCUT2D eigenvalue weighted by molar-refractivity contribution is 8.00. The Morgan fingerprint density at radius 3 is 2.00 bits per heavy atom. The topological polar surface area (TPSA) is 57.5 Å². The summed E-state index contributed by atoms with van der Waals surface area (Å²) in [5, 5.41) is 18.6. The molecule has 0 heterocycles. The van der Waals surface area contributed by atoms with Gasteiger partial charge in [0.1, 0.15) is 11.4 Å². The van der Waals surface area contributed by atoms with Crippen LogP contribution in [0.1, 0.15) is 11.7 Å². The van der Waals surface area contributed by atoms with Gasteiger partial charge >= 0.3 is 5.97 Å². The third-order valence-electron chi connectivity index (χ3n) is 2.68. The maximum Gasteiger partial charge on any atom is 0.320 e. The molecule has 0 amide bonds. The van der Waals surface area contributed by atoms with E-state index in [4.69, 9.17) is 0 Å². The van der Waals surface area contributed by atoms with E-state index in [2.05, 4.69) is 0 Å². The van der Waals surface area contributed by atoms with Crippen LogP contribution < -0.4 is 0 Å². The van der Waals surface area contributed by atoms with Gasteiger partial charge < -0.3 is 10.2 Å². The summed E-state index contributed by atoms with van der Waals surface area (Å²) in [6, 6.07) is 18.1. The minimum Gasteiger partial charge on any atom is -0.480 e. The van der Waals surface area contributed by atoms with Gasteiger partial charge in [0.2, 0.25) is 0 Å². The number of carbonyl (C=O) groups is 1. The van der Waals surface area contributed by atoms with Crippen molar-refractivity contribution in [3.8, 4) is 0 Å². The fraction of sp³-hybridized carbons (Fsp3) is 0.133. The molecule has 2 atom stereocenters. The molecule has 0 saturated heterocycles. The molecule has 3 nitrogen and oxygen atoms in total. The molecule has 19 heavy (non-hydrogen) atoms. The first-order chi connectivity index (χ1) is 9.18. The Kier molecular flexibility index (Phi) is 4.60. The smallest absolute Gasteiger partial charge is 0.320 e. The number of aliphatic hydroxyl groups is 1. The molecule has 0 bridgehead atoms. The Bertz CT molecular complexity index is 528. The van der Waals surface area contributed by atoms with E-state index in [1.165, 1.54) is 0 Å². The second-order valence-electron chi connectivity index (χ2n) is 4.05. The van der Waals surface area contributed by atoms with Crippen LogP contribution in [0.25, 0.3) is 0 Å². The van der Waals surface area contributed by atoms with Gasteiger partial charge in [-0.15, -0.1) is 11.8 Å². The van der Waals surface area contributed by atoms with Crippen molar-refractivity contribution in [1.29, 1.82) is 0 Å². The number of hydrogen-bond donors (Lipinski definition) is 2. The lowest BCUT2D eigenvalue weighted by atomic mass is 10.1. The van der Waals surface area contributed by atoms with Crippen molar-refractivity contribution in [2.75, 3.05) is 0 Å². The highest BCUT2D eigenvalue weighted by Gasteiger charge is 2.28. The van der Waals surface area contributed by atoms with E-state index < -0.39 is 17.3 Å². The molecule has 0 saturated carbocycles. The summed E-state index contributed by atoms with van der Waals surface area (Å²) in [7, 11) is 0. The number of aliphatic hydroxyl groups excluding tert-OH is 1. The number of rotatable bonds is 5. The monoisotopic (exact) mass is 274 g/mol. The molecule has 2 aromatic rings.